The van der Waals surface area contributed by atoms with Crippen LogP contribution in [0.2, 0.25) is 5.02 Å². The van der Waals surface area contributed by atoms with Gasteiger partial charge in [-0.05, 0) is 54.4 Å². The van der Waals surface area contributed by atoms with Crippen LogP contribution in [0, 0.1) is 0 Å². The van der Waals surface area contributed by atoms with Gasteiger partial charge in [0.05, 0.1) is 18.9 Å². The molecule has 0 unspecified atom stereocenters. The summed E-state index contributed by atoms with van der Waals surface area (Å²) in [4.78, 5) is 14.1. The Balaban J connectivity index is 1.82. The molecule has 2 aromatic carbocycles. The number of halogens is 1. The second-order valence-corrected chi connectivity index (χ2v) is 9.36. The molecule has 174 valence electrons. The summed E-state index contributed by atoms with van der Waals surface area (Å²) in [5.41, 5.74) is 1.44. The number of ether oxygens (including phenoxy) is 1. The predicted molar refractivity (Wildman–Crippen MR) is 128 cm³/mol. The number of furan rings is 1. The van der Waals surface area contributed by atoms with Crippen LogP contribution in [0.25, 0.3) is 11.3 Å². The lowest BCUT2D eigenvalue weighted by Gasteiger charge is -2.12. The van der Waals surface area contributed by atoms with Crippen molar-refractivity contribution in [1.82, 2.24) is 10.2 Å². The van der Waals surface area contributed by atoms with E-state index >= 15 is 0 Å². The minimum Gasteiger partial charge on any atom is -0.496 e. The van der Waals surface area contributed by atoms with Crippen molar-refractivity contribution in [1.29, 1.82) is 0 Å². The summed E-state index contributed by atoms with van der Waals surface area (Å²) in [5.74, 6) is 0.485. The van der Waals surface area contributed by atoms with E-state index in [-0.39, 0.29) is 17.3 Å². The van der Waals surface area contributed by atoms with Gasteiger partial charge < -0.3 is 19.4 Å². The van der Waals surface area contributed by atoms with E-state index in [4.69, 9.17) is 20.8 Å². The molecule has 1 aromatic heterocycles. The zero-order chi connectivity index (χ0) is 24.0. The van der Waals surface area contributed by atoms with E-state index in [0.29, 0.717) is 39.6 Å². The van der Waals surface area contributed by atoms with Crippen LogP contribution in [-0.4, -0.2) is 53.3 Å². The number of rotatable bonds is 9. The number of nitrogens with zero attached hydrogens (tertiary/aromatic N) is 2. The smallest absolute Gasteiger partial charge is 0.284 e. The lowest BCUT2D eigenvalue weighted by molar-refractivity contribution is 0.0951. The summed E-state index contributed by atoms with van der Waals surface area (Å²) in [6.07, 6.45) is 3.10. The van der Waals surface area contributed by atoms with Gasteiger partial charge in [-0.2, -0.15) is 8.42 Å². The number of nitrogens with one attached hydrogen (secondary N) is 1. The van der Waals surface area contributed by atoms with Crippen LogP contribution in [0.3, 0.4) is 0 Å². The van der Waals surface area contributed by atoms with Gasteiger partial charge >= 0.3 is 0 Å². The van der Waals surface area contributed by atoms with Gasteiger partial charge in [0.1, 0.15) is 22.7 Å². The van der Waals surface area contributed by atoms with Crippen molar-refractivity contribution in [2.24, 2.45) is 4.40 Å². The van der Waals surface area contributed by atoms with Gasteiger partial charge in [0.2, 0.25) is 0 Å². The van der Waals surface area contributed by atoms with Crippen LogP contribution in [0.1, 0.15) is 15.9 Å². The third-order valence-corrected chi connectivity index (χ3v) is 6.13. The fraction of sp³-hybridized carbons (Fsp3) is 0.217. The van der Waals surface area contributed by atoms with Crippen LogP contribution in [0.15, 0.2) is 68.5 Å². The second-order valence-electron chi connectivity index (χ2n) is 7.32. The van der Waals surface area contributed by atoms with Gasteiger partial charge in [0.15, 0.2) is 0 Å². The molecule has 0 atom stereocenters. The molecule has 8 nitrogen and oxygen atoms in total. The Morgan fingerprint density at radius 1 is 1.21 bits per heavy atom. The maximum atomic E-state index is 12.9. The number of amides is 1. The van der Waals surface area contributed by atoms with Crippen molar-refractivity contribution >= 4 is 33.9 Å². The first-order valence-corrected chi connectivity index (χ1v) is 11.8. The largest absolute Gasteiger partial charge is 0.496 e. The molecule has 0 aliphatic heterocycles. The first kappa shape index (κ1) is 24.3. The van der Waals surface area contributed by atoms with E-state index in [1.54, 1.807) is 56.6 Å². The van der Waals surface area contributed by atoms with E-state index in [9.17, 15) is 13.2 Å². The first-order valence-electron chi connectivity index (χ1n) is 9.96. The Morgan fingerprint density at radius 3 is 2.67 bits per heavy atom. The highest BCUT2D eigenvalue weighted by Gasteiger charge is 2.21. The molecule has 3 rings (SSSR count). The molecule has 0 saturated heterocycles. The Kier molecular flexibility index (Phi) is 7.78. The SMILES string of the molecule is COc1ccc(Cl)cc1C(=O)NCCc1ccc(-c2ccco2)c(S(=O)(=O)N=CN(C)C)c1. The third-order valence-electron chi connectivity index (χ3n) is 4.63. The Bertz CT molecular complexity index is 1260. The number of sulfonamides is 1. The quantitative estimate of drug-likeness (QED) is 0.362. The Morgan fingerprint density at radius 2 is 2.00 bits per heavy atom. The Labute approximate surface area is 197 Å². The van der Waals surface area contributed by atoms with E-state index < -0.39 is 10.0 Å². The average molecular weight is 490 g/mol. The number of methoxy groups -OCH3 is 1. The van der Waals surface area contributed by atoms with E-state index in [1.165, 1.54) is 30.7 Å². The lowest BCUT2D eigenvalue weighted by Crippen LogP contribution is -2.26. The van der Waals surface area contributed by atoms with Crippen molar-refractivity contribution in [3.8, 4) is 17.1 Å². The molecule has 0 spiro atoms. The predicted octanol–water partition coefficient (Wildman–Crippen LogP) is 3.86. The lowest BCUT2D eigenvalue weighted by atomic mass is 10.1. The summed E-state index contributed by atoms with van der Waals surface area (Å²) >= 11 is 6.00. The first-order chi connectivity index (χ1) is 15.7. The zero-order valence-corrected chi connectivity index (χ0v) is 20.0. The number of hydrogen-bond acceptors (Lipinski definition) is 5. The molecule has 0 aliphatic carbocycles. The number of carbonyl (C=O) groups excluding carboxylic acids is 1. The maximum Gasteiger partial charge on any atom is 0.284 e. The summed E-state index contributed by atoms with van der Waals surface area (Å²) in [6, 6.07) is 13.2. The molecule has 1 heterocycles. The third kappa shape index (κ3) is 6.15. The van der Waals surface area contributed by atoms with E-state index in [1.807, 2.05) is 0 Å². The van der Waals surface area contributed by atoms with Crippen molar-refractivity contribution in [2.45, 2.75) is 11.3 Å². The zero-order valence-electron chi connectivity index (χ0n) is 18.4. The fourth-order valence-electron chi connectivity index (χ4n) is 3.06. The molecule has 0 radical (unpaired) electrons. The normalized spacial score (nSPS) is 11.5. The molecule has 3 aromatic rings. The highest BCUT2D eigenvalue weighted by molar-refractivity contribution is 7.90. The molecular formula is C23H24ClN3O5S. The molecule has 1 amide bonds. The summed E-state index contributed by atoms with van der Waals surface area (Å²) in [6.45, 7) is 0.273. The summed E-state index contributed by atoms with van der Waals surface area (Å²) in [5, 5.41) is 3.23. The molecule has 0 bridgehead atoms. The molecular weight excluding hydrogens is 466 g/mol. The van der Waals surface area contributed by atoms with Crippen molar-refractivity contribution in [3.63, 3.8) is 0 Å². The highest BCUT2D eigenvalue weighted by atomic mass is 35.5. The molecule has 0 fully saturated rings. The van der Waals surface area contributed by atoms with Gasteiger partial charge in [0.25, 0.3) is 15.9 Å². The number of carbonyl (C=O) groups is 1. The average Bonchev–Trinajstić information content (AvgIpc) is 3.32. The minimum atomic E-state index is -3.98. The standard InChI is InChI=1S/C23H24ClN3O5S/c1-27(2)15-26-33(29,30)22-13-16(6-8-18(22)21-5-4-12-32-21)10-11-25-23(28)19-14-17(24)7-9-20(19)31-3/h4-9,12-15H,10-11H2,1-3H3,(H,25,28). The van der Waals surface area contributed by atoms with Crippen molar-refractivity contribution in [2.75, 3.05) is 27.7 Å². The number of hydrogen-bond donors (Lipinski definition) is 1. The summed E-state index contributed by atoms with van der Waals surface area (Å²) < 4.78 is 40.2. The molecule has 0 aliphatic rings. The highest BCUT2D eigenvalue weighted by Crippen LogP contribution is 2.30. The topological polar surface area (TPSA) is 101 Å². The van der Waals surface area contributed by atoms with E-state index in [2.05, 4.69) is 9.71 Å². The van der Waals surface area contributed by atoms with Gasteiger partial charge in [-0.3, -0.25) is 4.79 Å². The minimum absolute atomic E-state index is 0.0240. The van der Waals surface area contributed by atoms with Gasteiger partial charge in [0, 0.05) is 31.2 Å². The van der Waals surface area contributed by atoms with Gasteiger partial charge in [-0.1, -0.05) is 17.7 Å². The van der Waals surface area contributed by atoms with Gasteiger partial charge in [-0.25, -0.2) is 0 Å². The van der Waals surface area contributed by atoms with Crippen LogP contribution in [0.5, 0.6) is 5.75 Å². The fourth-order valence-corrected chi connectivity index (χ4v) is 4.40. The molecule has 0 saturated carbocycles. The van der Waals surface area contributed by atoms with Crippen LogP contribution in [-0.2, 0) is 16.4 Å². The summed E-state index contributed by atoms with van der Waals surface area (Å²) in [7, 11) is 0.852. The monoisotopic (exact) mass is 489 g/mol. The maximum absolute atomic E-state index is 12.9. The number of benzene rings is 2. The van der Waals surface area contributed by atoms with Crippen LogP contribution >= 0.6 is 11.6 Å². The molecule has 33 heavy (non-hydrogen) atoms. The second kappa shape index (κ2) is 10.5. The van der Waals surface area contributed by atoms with E-state index in [0.717, 1.165) is 0 Å². The molecule has 10 heteroatoms. The van der Waals surface area contributed by atoms with Crippen LogP contribution < -0.4 is 10.1 Å². The van der Waals surface area contributed by atoms with Gasteiger partial charge in [-0.15, -0.1) is 4.40 Å². The van der Waals surface area contributed by atoms with Crippen molar-refractivity contribution < 1.29 is 22.4 Å². The molecule has 1 N–H and O–H groups in total. The van der Waals surface area contributed by atoms with Crippen molar-refractivity contribution in [3.05, 3.63) is 70.9 Å². The van der Waals surface area contributed by atoms with Crippen LogP contribution in [0.4, 0.5) is 0 Å². The Hall–Kier alpha value is -3.30.